The van der Waals surface area contributed by atoms with Crippen molar-refractivity contribution in [3.05, 3.63) is 11.8 Å². The van der Waals surface area contributed by atoms with E-state index in [9.17, 15) is 22.0 Å². The highest BCUT2D eigenvalue weighted by molar-refractivity contribution is 5.00. The van der Waals surface area contributed by atoms with Gasteiger partial charge in [-0.1, -0.05) is 0 Å². The van der Waals surface area contributed by atoms with Crippen molar-refractivity contribution in [3.8, 4) is 0 Å². The van der Waals surface area contributed by atoms with Gasteiger partial charge in [0.2, 0.25) is 0 Å². The van der Waals surface area contributed by atoms with Crippen molar-refractivity contribution in [1.82, 2.24) is 0 Å². The predicted octanol–water partition coefficient (Wildman–Crippen LogP) is 2.28. The number of rotatable bonds is 3. The molecule has 0 aromatic heterocycles. The van der Waals surface area contributed by atoms with Crippen LogP contribution in [0.2, 0.25) is 0 Å². The minimum atomic E-state index is -5.18. The average molecular weight is 192 g/mol. The highest BCUT2D eigenvalue weighted by Gasteiger charge is 2.40. The van der Waals surface area contributed by atoms with Crippen LogP contribution in [0, 0.1) is 0 Å². The van der Waals surface area contributed by atoms with Crippen molar-refractivity contribution >= 4 is 0 Å². The molecule has 0 aliphatic carbocycles. The lowest BCUT2D eigenvalue weighted by atomic mass is 10.5. The van der Waals surface area contributed by atoms with Crippen molar-refractivity contribution in [2.24, 2.45) is 0 Å². The van der Waals surface area contributed by atoms with E-state index in [0.717, 1.165) is 7.11 Å². The first-order valence-corrected chi connectivity index (χ1v) is 2.63. The first-order valence-electron chi connectivity index (χ1n) is 2.63. The van der Waals surface area contributed by atoms with Crippen LogP contribution in [0.25, 0.3) is 0 Å². The van der Waals surface area contributed by atoms with Gasteiger partial charge in [-0.3, -0.25) is 0 Å². The van der Waals surface area contributed by atoms with Gasteiger partial charge in [0.05, 0.1) is 0 Å². The van der Waals surface area contributed by atoms with E-state index < -0.39 is 24.8 Å². The van der Waals surface area contributed by atoms with Crippen LogP contribution in [0.15, 0.2) is 11.8 Å². The van der Waals surface area contributed by atoms with Crippen molar-refractivity contribution in [2.45, 2.75) is 6.18 Å². The summed E-state index contributed by atoms with van der Waals surface area (Å²) in [6.07, 6.45) is -8.10. The number of allylic oxidation sites excluding steroid dienone is 1. The predicted molar refractivity (Wildman–Crippen MR) is 28.3 cm³/mol. The van der Waals surface area contributed by atoms with E-state index >= 15 is 0 Å². The molecule has 0 saturated carbocycles. The highest BCUT2D eigenvalue weighted by Crippen LogP contribution is 2.29. The summed E-state index contributed by atoms with van der Waals surface area (Å²) in [4.78, 5) is 0. The van der Waals surface area contributed by atoms with Crippen molar-refractivity contribution in [2.75, 3.05) is 13.9 Å². The average Bonchev–Trinajstić information content (AvgIpc) is 1.84. The van der Waals surface area contributed by atoms with Crippen LogP contribution in [0.3, 0.4) is 0 Å². The van der Waals surface area contributed by atoms with Crippen LogP contribution in [0.4, 0.5) is 22.0 Å². The maximum atomic E-state index is 11.6. The van der Waals surface area contributed by atoms with E-state index in [0.29, 0.717) is 0 Å². The van der Waals surface area contributed by atoms with Gasteiger partial charge < -0.3 is 9.47 Å². The molecule has 0 bridgehead atoms. The molecule has 2 nitrogen and oxygen atoms in total. The van der Waals surface area contributed by atoms with Gasteiger partial charge in [0.1, 0.15) is 0 Å². The quantitative estimate of drug-likeness (QED) is 0.388. The van der Waals surface area contributed by atoms with Crippen molar-refractivity contribution in [1.29, 1.82) is 0 Å². The Labute approximate surface area is 64.6 Å². The van der Waals surface area contributed by atoms with E-state index in [-0.39, 0.29) is 0 Å². The van der Waals surface area contributed by atoms with E-state index in [4.69, 9.17) is 0 Å². The lowest BCUT2D eigenvalue weighted by Crippen LogP contribution is -2.16. The number of hydrogen-bond acceptors (Lipinski definition) is 2. The zero-order valence-corrected chi connectivity index (χ0v) is 5.91. The third kappa shape index (κ3) is 3.51. The minimum absolute atomic E-state index is 0.869. The van der Waals surface area contributed by atoms with Crippen LogP contribution in [-0.4, -0.2) is 20.1 Å². The smallest absolute Gasteiger partial charge is 0.454 e. The van der Waals surface area contributed by atoms with Gasteiger partial charge in [0.15, 0.2) is 6.79 Å². The summed E-state index contributed by atoms with van der Waals surface area (Å²) in [5.74, 6) is -2.32. The Morgan fingerprint density at radius 2 is 1.75 bits per heavy atom. The summed E-state index contributed by atoms with van der Waals surface area (Å²) in [6.45, 7) is -0.869. The van der Waals surface area contributed by atoms with Gasteiger partial charge in [-0.2, -0.15) is 22.0 Å². The normalized spacial score (nSPS) is 11.2. The fraction of sp³-hybridized carbons (Fsp3) is 0.600. The van der Waals surface area contributed by atoms with E-state index in [1.165, 1.54) is 0 Å². The summed E-state index contributed by atoms with van der Waals surface area (Å²) < 4.78 is 65.3. The van der Waals surface area contributed by atoms with Crippen LogP contribution in [0.1, 0.15) is 0 Å². The van der Waals surface area contributed by atoms with Gasteiger partial charge in [0.25, 0.3) is 5.76 Å². The van der Waals surface area contributed by atoms with Gasteiger partial charge in [-0.15, -0.1) is 0 Å². The third-order valence-electron chi connectivity index (χ3n) is 0.750. The topological polar surface area (TPSA) is 18.5 Å². The number of alkyl halides is 3. The van der Waals surface area contributed by atoms with Crippen molar-refractivity contribution in [3.63, 3.8) is 0 Å². The second-order valence-electron chi connectivity index (χ2n) is 1.64. The summed E-state index contributed by atoms with van der Waals surface area (Å²) in [7, 11) is 1.02. The zero-order chi connectivity index (χ0) is 9.78. The lowest BCUT2D eigenvalue weighted by Gasteiger charge is -2.10. The first-order chi connectivity index (χ1) is 5.39. The molecule has 0 aliphatic rings. The molecule has 0 rings (SSSR count). The monoisotopic (exact) mass is 192 g/mol. The molecule has 0 aromatic carbocycles. The Morgan fingerprint density at radius 3 is 2.00 bits per heavy atom. The molecule has 0 atom stereocenters. The summed E-state index contributed by atoms with van der Waals surface area (Å²) in [5, 5.41) is 0. The third-order valence-corrected chi connectivity index (χ3v) is 0.750. The lowest BCUT2D eigenvalue weighted by molar-refractivity contribution is -0.153. The second kappa shape index (κ2) is 4.24. The molecule has 7 heteroatoms. The molecule has 0 fully saturated rings. The van der Waals surface area contributed by atoms with Gasteiger partial charge in [-0.05, 0) is 0 Å². The fourth-order valence-corrected chi connectivity index (χ4v) is 0.361. The minimum Gasteiger partial charge on any atom is -0.458 e. The molecule has 0 heterocycles. The molecule has 0 N–H and O–H groups in total. The molecular weight excluding hydrogens is 187 g/mol. The zero-order valence-electron chi connectivity index (χ0n) is 5.91. The highest BCUT2D eigenvalue weighted by atomic mass is 19.4. The summed E-state index contributed by atoms with van der Waals surface area (Å²) in [5.41, 5.74) is 0. The molecule has 0 aliphatic heterocycles. The molecule has 12 heavy (non-hydrogen) atoms. The molecule has 0 spiro atoms. The largest absolute Gasteiger partial charge is 0.458 e. The van der Waals surface area contributed by atoms with Crippen molar-refractivity contribution < 1.29 is 31.4 Å². The first kappa shape index (κ1) is 11.2. The molecule has 0 amide bonds. The summed E-state index contributed by atoms with van der Waals surface area (Å²) in [6, 6.07) is 0. The van der Waals surface area contributed by atoms with E-state index in [2.05, 4.69) is 9.47 Å². The second-order valence-corrected chi connectivity index (χ2v) is 1.64. The van der Waals surface area contributed by atoms with Crippen LogP contribution in [0.5, 0.6) is 0 Å². The van der Waals surface area contributed by atoms with E-state index in [1.807, 2.05) is 0 Å². The molecule has 0 unspecified atom stereocenters. The van der Waals surface area contributed by atoms with E-state index in [1.54, 1.807) is 0 Å². The number of ether oxygens (including phenoxy) is 2. The van der Waals surface area contributed by atoms with Crippen LogP contribution < -0.4 is 0 Å². The van der Waals surface area contributed by atoms with Gasteiger partial charge >= 0.3 is 12.3 Å². The van der Waals surface area contributed by atoms with Crippen LogP contribution in [-0.2, 0) is 9.47 Å². The molecule has 0 radical (unpaired) electrons. The standard InChI is InChI=1S/C5H5F5O2/c1-11-2-12-3(4(6)7)5(8,9)10/h2H2,1H3. The fourth-order valence-electron chi connectivity index (χ4n) is 0.361. The Hall–Kier alpha value is -0.850. The molecule has 72 valence electrons. The summed E-state index contributed by atoms with van der Waals surface area (Å²) >= 11 is 0. The molecule has 0 aromatic rings. The molecule has 0 saturated heterocycles. The Bertz CT molecular complexity index is 169. The number of hydrogen-bond donors (Lipinski definition) is 0. The number of halogens is 5. The van der Waals surface area contributed by atoms with Crippen LogP contribution >= 0.6 is 0 Å². The SMILES string of the molecule is COCOC(=C(F)F)C(F)(F)F. The maximum Gasteiger partial charge on any atom is 0.454 e. The molecular formula is C5H5F5O2. The van der Waals surface area contributed by atoms with Gasteiger partial charge in [-0.25, -0.2) is 0 Å². The Kier molecular flexibility index (Phi) is 3.94. The number of methoxy groups -OCH3 is 1. The van der Waals surface area contributed by atoms with Gasteiger partial charge in [0, 0.05) is 7.11 Å². The maximum absolute atomic E-state index is 11.6. The Balaban J connectivity index is 4.38. The Morgan fingerprint density at radius 1 is 1.25 bits per heavy atom.